The van der Waals surface area contributed by atoms with Gasteiger partial charge in [0.15, 0.2) is 0 Å². The number of amides is 1. The zero-order chi connectivity index (χ0) is 11.9. The fourth-order valence-electron chi connectivity index (χ4n) is 2.31. The van der Waals surface area contributed by atoms with Crippen LogP contribution in [-0.4, -0.2) is 19.0 Å². The highest BCUT2D eigenvalue weighted by atomic mass is 16.2. The van der Waals surface area contributed by atoms with Crippen molar-refractivity contribution in [2.75, 3.05) is 13.1 Å². The summed E-state index contributed by atoms with van der Waals surface area (Å²) in [5.74, 6) is 0.694. The normalized spacial score (nSPS) is 24.7. The second-order valence-corrected chi connectivity index (χ2v) is 5.96. The molecule has 0 radical (unpaired) electrons. The van der Waals surface area contributed by atoms with Gasteiger partial charge in [0.25, 0.3) is 0 Å². The van der Waals surface area contributed by atoms with Crippen molar-refractivity contribution < 1.29 is 4.79 Å². The Hall–Kier alpha value is -0.570. The van der Waals surface area contributed by atoms with Gasteiger partial charge in [-0.15, -0.1) is 0 Å². The molecule has 88 valence electrons. The first kappa shape index (κ1) is 12.5. The first-order valence-corrected chi connectivity index (χ1v) is 5.73. The van der Waals surface area contributed by atoms with Crippen LogP contribution in [0.1, 0.15) is 34.6 Å². The highest BCUT2D eigenvalue weighted by molar-refractivity contribution is 5.84. The highest BCUT2D eigenvalue weighted by Gasteiger charge is 2.68. The maximum absolute atomic E-state index is 11.9. The third kappa shape index (κ3) is 2.03. The number of rotatable bonds is 4. The molecule has 0 bridgehead atoms. The van der Waals surface area contributed by atoms with E-state index in [2.05, 4.69) is 33.0 Å². The van der Waals surface area contributed by atoms with Gasteiger partial charge >= 0.3 is 0 Å². The molecule has 1 fully saturated rings. The van der Waals surface area contributed by atoms with Crippen molar-refractivity contribution in [2.24, 2.45) is 28.4 Å². The van der Waals surface area contributed by atoms with Gasteiger partial charge in [0.1, 0.15) is 0 Å². The molecule has 3 nitrogen and oxygen atoms in total. The van der Waals surface area contributed by atoms with E-state index in [0.29, 0.717) is 19.0 Å². The maximum Gasteiger partial charge on any atom is 0.224 e. The van der Waals surface area contributed by atoms with Gasteiger partial charge in [-0.1, -0.05) is 34.6 Å². The predicted octanol–water partition coefficient (Wildman–Crippen LogP) is 1.38. The summed E-state index contributed by atoms with van der Waals surface area (Å²) in [5.41, 5.74) is 5.76. The minimum absolute atomic E-state index is 0.128. The molecule has 1 aliphatic carbocycles. The van der Waals surface area contributed by atoms with Crippen LogP contribution < -0.4 is 11.1 Å². The minimum atomic E-state index is 0.128. The number of nitrogens with two attached hydrogens (primary N) is 1. The van der Waals surface area contributed by atoms with E-state index in [9.17, 15) is 4.79 Å². The molecular formula is C12H24N2O. The first-order chi connectivity index (χ1) is 6.75. The molecule has 0 aliphatic heterocycles. The molecule has 0 spiro atoms. The quantitative estimate of drug-likeness (QED) is 0.739. The molecule has 1 aliphatic rings. The van der Waals surface area contributed by atoms with Gasteiger partial charge in [-0.05, 0) is 23.3 Å². The van der Waals surface area contributed by atoms with Crippen molar-refractivity contribution in [1.29, 1.82) is 0 Å². The lowest BCUT2D eigenvalue weighted by molar-refractivity contribution is -0.123. The molecule has 0 saturated heterocycles. The number of carbonyl (C=O) groups excluding carboxylic acids is 1. The van der Waals surface area contributed by atoms with E-state index in [-0.39, 0.29) is 22.7 Å². The number of nitrogens with one attached hydrogen (secondary N) is 1. The van der Waals surface area contributed by atoms with Gasteiger partial charge in [-0.25, -0.2) is 0 Å². The zero-order valence-electron chi connectivity index (χ0n) is 10.6. The van der Waals surface area contributed by atoms with Gasteiger partial charge in [0, 0.05) is 12.5 Å². The van der Waals surface area contributed by atoms with Gasteiger partial charge < -0.3 is 11.1 Å². The Labute approximate surface area is 92.8 Å². The molecule has 0 aromatic carbocycles. The van der Waals surface area contributed by atoms with Crippen LogP contribution >= 0.6 is 0 Å². The fourth-order valence-corrected chi connectivity index (χ4v) is 2.31. The molecule has 1 rings (SSSR count). The van der Waals surface area contributed by atoms with Crippen molar-refractivity contribution >= 4 is 5.91 Å². The minimum Gasteiger partial charge on any atom is -0.356 e. The van der Waals surface area contributed by atoms with Crippen LogP contribution in [0.3, 0.4) is 0 Å². The van der Waals surface area contributed by atoms with Crippen LogP contribution in [0.25, 0.3) is 0 Å². The number of carbonyl (C=O) groups is 1. The topological polar surface area (TPSA) is 55.1 Å². The summed E-state index contributed by atoms with van der Waals surface area (Å²) in [6.45, 7) is 12.0. The first-order valence-electron chi connectivity index (χ1n) is 5.73. The van der Waals surface area contributed by atoms with E-state index in [1.54, 1.807) is 0 Å². The summed E-state index contributed by atoms with van der Waals surface area (Å²) in [6, 6.07) is 0. The zero-order valence-corrected chi connectivity index (χ0v) is 10.6. The average molecular weight is 212 g/mol. The van der Waals surface area contributed by atoms with Crippen LogP contribution in [0, 0.1) is 22.7 Å². The molecular weight excluding hydrogens is 188 g/mol. The molecule has 0 aromatic rings. The lowest BCUT2D eigenvalue weighted by Gasteiger charge is -2.10. The van der Waals surface area contributed by atoms with Gasteiger partial charge in [0.2, 0.25) is 5.91 Å². The Bertz CT molecular complexity index is 244. The summed E-state index contributed by atoms with van der Waals surface area (Å²) in [6.07, 6.45) is 0. The summed E-state index contributed by atoms with van der Waals surface area (Å²) < 4.78 is 0. The van der Waals surface area contributed by atoms with Gasteiger partial charge in [-0.3, -0.25) is 4.79 Å². The van der Waals surface area contributed by atoms with E-state index in [0.717, 1.165) is 0 Å². The number of hydrogen-bond donors (Lipinski definition) is 2. The average Bonchev–Trinajstić information content (AvgIpc) is 2.53. The lowest BCUT2D eigenvalue weighted by atomic mass is 10.0. The lowest BCUT2D eigenvalue weighted by Crippen LogP contribution is -2.33. The Kier molecular flexibility index (Phi) is 3.15. The third-order valence-corrected chi connectivity index (χ3v) is 4.31. The Balaban J connectivity index is 2.45. The van der Waals surface area contributed by atoms with E-state index < -0.39 is 0 Å². The highest BCUT2D eigenvalue weighted by Crippen LogP contribution is 2.68. The van der Waals surface area contributed by atoms with Crippen molar-refractivity contribution in [3.63, 3.8) is 0 Å². The van der Waals surface area contributed by atoms with E-state index in [1.807, 2.05) is 6.92 Å². The molecule has 15 heavy (non-hydrogen) atoms. The maximum atomic E-state index is 11.9. The van der Waals surface area contributed by atoms with Crippen molar-refractivity contribution in [1.82, 2.24) is 5.32 Å². The van der Waals surface area contributed by atoms with Crippen LogP contribution in [-0.2, 0) is 4.79 Å². The van der Waals surface area contributed by atoms with Gasteiger partial charge in [0.05, 0.1) is 0 Å². The van der Waals surface area contributed by atoms with Crippen LogP contribution in [0.5, 0.6) is 0 Å². The Morgan fingerprint density at radius 3 is 2.13 bits per heavy atom. The fraction of sp³-hybridized carbons (Fsp3) is 0.917. The SMILES string of the molecule is CC(CN)CNC(=O)C1C(C)(C)C1(C)C. The van der Waals surface area contributed by atoms with Crippen LogP contribution in [0.4, 0.5) is 0 Å². The summed E-state index contributed by atoms with van der Waals surface area (Å²) in [4.78, 5) is 11.9. The predicted molar refractivity (Wildman–Crippen MR) is 62.3 cm³/mol. The molecule has 3 heteroatoms. The summed E-state index contributed by atoms with van der Waals surface area (Å²) in [7, 11) is 0. The van der Waals surface area contributed by atoms with Crippen LogP contribution in [0.15, 0.2) is 0 Å². The molecule has 0 aromatic heterocycles. The summed E-state index contributed by atoms with van der Waals surface area (Å²) >= 11 is 0. The molecule has 1 amide bonds. The van der Waals surface area contributed by atoms with E-state index >= 15 is 0 Å². The molecule has 1 saturated carbocycles. The summed E-state index contributed by atoms with van der Waals surface area (Å²) in [5, 5.41) is 2.99. The second kappa shape index (κ2) is 3.78. The van der Waals surface area contributed by atoms with Crippen molar-refractivity contribution in [3.8, 4) is 0 Å². The van der Waals surface area contributed by atoms with E-state index in [4.69, 9.17) is 5.73 Å². The van der Waals surface area contributed by atoms with Crippen molar-refractivity contribution in [3.05, 3.63) is 0 Å². The molecule has 0 heterocycles. The second-order valence-electron chi connectivity index (χ2n) is 5.96. The van der Waals surface area contributed by atoms with Crippen LogP contribution in [0.2, 0.25) is 0 Å². The molecule has 3 N–H and O–H groups in total. The largest absolute Gasteiger partial charge is 0.356 e. The Morgan fingerprint density at radius 2 is 1.80 bits per heavy atom. The molecule has 1 atom stereocenters. The monoisotopic (exact) mass is 212 g/mol. The smallest absolute Gasteiger partial charge is 0.224 e. The van der Waals surface area contributed by atoms with Gasteiger partial charge in [-0.2, -0.15) is 0 Å². The standard InChI is InChI=1S/C12H24N2O/c1-8(6-13)7-14-10(15)9-11(2,3)12(9,4)5/h8-9H,6-7,13H2,1-5H3,(H,14,15). The molecule has 1 unspecified atom stereocenters. The van der Waals surface area contributed by atoms with E-state index in [1.165, 1.54) is 0 Å². The number of hydrogen-bond acceptors (Lipinski definition) is 2. The van der Waals surface area contributed by atoms with Crippen molar-refractivity contribution in [2.45, 2.75) is 34.6 Å². The third-order valence-electron chi connectivity index (χ3n) is 4.31. The Morgan fingerprint density at radius 1 is 1.33 bits per heavy atom.